The Kier molecular flexibility index (Phi) is 5.24. The minimum atomic E-state index is -0.234. The van der Waals surface area contributed by atoms with Gasteiger partial charge in [-0.25, -0.2) is 4.68 Å². The van der Waals surface area contributed by atoms with E-state index in [1.54, 1.807) is 23.2 Å². The monoisotopic (exact) mass is 421 g/mol. The van der Waals surface area contributed by atoms with Crippen LogP contribution >= 0.6 is 0 Å². The van der Waals surface area contributed by atoms with Gasteiger partial charge in [0.2, 0.25) is 5.91 Å². The number of carbonyl (C=O) groups is 1. The summed E-state index contributed by atoms with van der Waals surface area (Å²) in [5.74, 6) is 0.428. The first-order valence-corrected chi connectivity index (χ1v) is 10.1. The average molecular weight is 421 g/mol. The molecule has 0 aliphatic rings. The minimum Gasteiger partial charge on any atom is -0.345 e. The van der Waals surface area contributed by atoms with Gasteiger partial charge >= 0.3 is 0 Å². The predicted octanol–water partition coefficient (Wildman–Crippen LogP) is 3.31. The Bertz CT molecular complexity index is 1390. The normalized spacial score (nSPS) is 11.2. The van der Waals surface area contributed by atoms with Crippen LogP contribution in [-0.4, -0.2) is 35.3 Å². The molecule has 156 valence electrons. The van der Waals surface area contributed by atoms with Crippen molar-refractivity contribution in [1.29, 1.82) is 0 Å². The maximum absolute atomic E-state index is 12.5. The van der Waals surface area contributed by atoms with E-state index < -0.39 is 0 Å². The van der Waals surface area contributed by atoms with E-state index in [0.717, 1.165) is 28.2 Å². The highest BCUT2D eigenvalue weighted by Crippen LogP contribution is 2.24. The van der Waals surface area contributed by atoms with Gasteiger partial charge in [0, 0.05) is 42.0 Å². The minimum absolute atomic E-state index is 0.234. The van der Waals surface area contributed by atoms with Crippen LogP contribution in [0, 0.1) is 0 Å². The van der Waals surface area contributed by atoms with Gasteiger partial charge in [0.05, 0.1) is 12.2 Å². The van der Waals surface area contributed by atoms with E-state index in [4.69, 9.17) is 5.10 Å². The zero-order valence-electron chi connectivity index (χ0n) is 17.0. The first-order chi connectivity index (χ1) is 15.8. The fourth-order valence-electron chi connectivity index (χ4n) is 3.35. The number of hydrogen-bond donors (Lipinski definition) is 1. The van der Waals surface area contributed by atoms with Gasteiger partial charge in [-0.05, 0) is 42.5 Å². The number of nitrogens with one attached hydrogen (secondary N) is 1. The number of benzene rings is 1. The Hall–Kier alpha value is -4.59. The molecule has 0 unspecified atom stereocenters. The van der Waals surface area contributed by atoms with Gasteiger partial charge in [0.1, 0.15) is 5.69 Å². The number of amides is 1. The van der Waals surface area contributed by atoms with Crippen LogP contribution in [0.4, 0.5) is 0 Å². The molecule has 8 nitrogen and oxygen atoms in total. The molecule has 5 aromatic rings. The van der Waals surface area contributed by atoms with E-state index in [-0.39, 0.29) is 12.5 Å². The van der Waals surface area contributed by atoms with Crippen molar-refractivity contribution >= 4 is 17.6 Å². The summed E-state index contributed by atoms with van der Waals surface area (Å²) in [4.78, 5) is 16.7. The second-order valence-corrected chi connectivity index (χ2v) is 7.05. The molecule has 0 radical (unpaired) electrons. The summed E-state index contributed by atoms with van der Waals surface area (Å²) in [5, 5.41) is 15.8. The number of fused-ring (bicyclic) bond motifs is 1. The van der Waals surface area contributed by atoms with E-state index in [1.165, 1.54) is 6.08 Å². The topological polar surface area (TPSA) is 90.0 Å². The highest BCUT2D eigenvalue weighted by atomic mass is 16.1. The van der Waals surface area contributed by atoms with Crippen molar-refractivity contribution in [3.8, 4) is 16.9 Å². The third-order valence-electron chi connectivity index (χ3n) is 4.92. The zero-order chi connectivity index (χ0) is 21.8. The molecule has 0 bridgehead atoms. The number of rotatable bonds is 6. The average Bonchev–Trinajstić information content (AvgIpc) is 3.47. The van der Waals surface area contributed by atoms with Crippen molar-refractivity contribution < 1.29 is 4.79 Å². The highest BCUT2D eigenvalue weighted by Gasteiger charge is 2.11. The van der Waals surface area contributed by atoms with E-state index in [0.29, 0.717) is 5.82 Å². The van der Waals surface area contributed by atoms with Crippen LogP contribution in [0.2, 0.25) is 0 Å². The first kappa shape index (κ1) is 19.4. The number of carbonyl (C=O) groups excluding carboxylic acids is 1. The summed E-state index contributed by atoms with van der Waals surface area (Å²) in [6.07, 6.45) is 10.5. The molecule has 32 heavy (non-hydrogen) atoms. The van der Waals surface area contributed by atoms with E-state index >= 15 is 0 Å². The van der Waals surface area contributed by atoms with Crippen molar-refractivity contribution in [3.63, 3.8) is 0 Å². The molecule has 1 amide bonds. The number of pyridine rings is 2. The molecule has 0 aliphatic heterocycles. The number of hydrogen-bond acceptors (Lipinski definition) is 5. The molecule has 0 saturated carbocycles. The molecule has 8 heteroatoms. The summed E-state index contributed by atoms with van der Waals surface area (Å²) >= 11 is 0. The highest BCUT2D eigenvalue weighted by molar-refractivity contribution is 5.92. The number of para-hydroxylation sites is 1. The summed E-state index contributed by atoms with van der Waals surface area (Å²) < 4.78 is 3.64. The van der Waals surface area contributed by atoms with Crippen molar-refractivity contribution in [2.24, 2.45) is 0 Å². The summed E-state index contributed by atoms with van der Waals surface area (Å²) in [5.41, 5.74) is 4.10. The van der Waals surface area contributed by atoms with Crippen LogP contribution in [0.25, 0.3) is 28.7 Å². The van der Waals surface area contributed by atoms with Gasteiger partial charge in [-0.15, -0.1) is 10.2 Å². The van der Waals surface area contributed by atoms with E-state index in [2.05, 4.69) is 20.5 Å². The third kappa shape index (κ3) is 4.01. The quantitative estimate of drug-likeness (QED) is 0.425. The summed E-state index contributed by atoms with van der Waals surface area (Å²) in [6, 6.07) is 19.3. The van der Waals surface area contributed by atoms with Crippen LogP contribution in [0.15, 0.2) is 91.5 Å². The molecule has 1 N–H and O–H groups in total. The smallest absolute Gasteiger partial charge is 0.244 e. The number of aromatic nitrogens is 6. The molecule has 0 spiro atoms. The fourth-order valence-corrected chi connectivity index (χ4v) is 3.35. The first-order valence-electron chi connectivity index (χ1n) is 10.1. The van der Waals surface area contributed by atoms with Gasteiger partial charge in [-0.1, -0.05) is 24.3 Å². The molecule has 4 heterocycles. The Morgan fingerprint density at radius 1 is 1.00 bits per heavy atom. The molecule has 0 saturated heterocycles. The van der Waals surface area contributed by atoms with Gasteiger partial charge in [0.15, 0.2) is 11.5 Å². The van der Waals surface area contributed by atoms with Crippen LogP contribution in [0.3, 0.4) is 0 Å². The maximum Gasteiger partial charge on any atom is 0.244 e. The van der Waals surface area contributed by atoms with Crippen LogP contribution in [-0.2, 0) is 11.3 Å². The lowest BCUT2D eigenvalue weighted by Gasteiger charge is -2.01. The van der Waals surface area contributed by atoms with Gasteiger partial charge in [-0.2, -0.15) is 5.10 Å². The van der Waals surface area contributed by atoms with Gasteiger partial charge in [-0.3, -0.25) is 14.2 Å². The molecule has 0 atom stereocenters. The zero-order valence-corrected chi connectivity index (χ0v) is 17.0. The van der Waals surface area contributed by atoms with E-state index in [1.807, 2.05) is 77.5 Å². The molecule has 0 aliphatic carbocycles. The van der Waals surface area contributed by atoms with Crippen molar-refractivity contribution in [1.82, 2.24) is 34.7 Å². The fraction of sp³-hybridized carbons (Fsp3) is 0.0417. The van der Waals surface area contributed by atoms with Crippen molar-refractivity contribution in [3.05, 3.63) is 103 Å². The van der Waals surface area contributed by atoms with Gasteiger partial charge < -0.3 is 5.32 Å². The Morgan fingerprint density at radius 3 is 2.72 bits per heavy atom. The van der Waals surface area contributed by atoms with Crippen LogP contribution < -0.4 is 5.32 Å². The molecule has 1 aromatic carbocycles. The Labute approximate surface area is 183 Å². The summed E-state index contributed by atoms with van der Waals surface area (Å²) in [6.45, 7) is 0.271. The Balaban J connectivity index is 1.37. The lowest BCUT2D eigenvalue weighted by atomic mass is 10.1. The van der Waals surface area contributed by atoms with Gasteiger partial charge in [0.25, 0.3) is 0 Å². The molecule has 0 fully saturated rings. The largest absolute Gasteiger partial charge is 0.345 e. The lowest BCUT2D eigenvalue weighted by molar-refractivity contribution is -0.116. The van der Waals surface area contributed by atoms with Crippen molar-refractivity contribution in [2.75, 3.05) is 0 Å². The van der Waals surface area contributed by atoms with E-state index in [9.17, 15) is 4.79 Å². The maximum atomic E-state index is 12.5. The standard InChI is InChI=1S/C24H19N7O/c32-23(26-16-22-28-27-21-10-4-5-14-30(21)22)12-11-19-17-31(20-8-2-1-3-9-20)29-24(19)18-7-6-13-25-15-18/h1-15,17H,16H2,(H,26,32)/b12-11+. The lowest BCUT2D eigenvalue weighted by Crippen LogP contribution is -2.21. The molecule has 5 rings (SSSR count). The second kappa shape index (κ2) is 8.65. The third-order valence-corrected chi connectivity index (χ3v) is 4.92. The molecular weight excluding hydrogens is 402 g/mol. The van der Waals surface area contributed by atoms with Crippen LogP contribution in [0.5, 0.6) is 0 Å². The summed E-state index contributed by atoms with van der Waals surface area (Å²) in [7, 11) is 0. The van der Waals surface area contributed by atoms with Crippen molar-refractivity contribution in [2.45, 2.75) is 6.54 Å². The Morgan fingerprint density at radius 2 is 1.88 bits per heavy atom. The second-order valence-electron chi connectivity index (χ2n) is 7.05. The van der Waals surface area contributed by atoms with Crippen LogP contribution in [0.1, 0.15) is 11.4 Å². The number of nitrogens with zero attached hydrogens (tertiary/aromatic N) is 6. The molecular formula is C24H19N7O. The SMILES string of the molecule is O=C(/C=C/c1cn(-c2ccccc2)nc1-c1cccnc1)NCc1nnc2ccccn12. The molecule has 4 aromatic heterocycles. The predicted molar refractivity (Wildman–Crippen MR) is 121 cm³/mol.